The van der Waals surface area contributed by atoms with E-state index in [1.807, 2.05) is 6.08 Å². The molecule has 0 unspecified atom stereocenters. The van der Waals surface area contributed by atoms with Crippen molar-refractivity contribution in [3.05, 3.63) is 24.3 Å². The van der Waals surface area contributed by atoms with E-state index in [-0.39, 0.29) is 0 Å². The molecule has 0 saturated heterocycles. The second-order valence-electron chi connectivity index (χ2n) is 3.78. The van der Waals surface area contributed by atoms with Crippen LogP contribution in [0, 0.1) is 0 Å². The first-order chi connectivity index (χ1) is 6.11. The molecule has 0 rings (SSSR count). The van der Waals surface area contributed by atoms with Gasteiger partial charge in [0.05, 0.1) is 0 Å². The zero-order valence-electron chi connectivity index (χ0n) is 9.51. The van der Waals surface area contributed by atoms with Crippen LogP contribution < -0.4 is 0 Å². The molecule has 0 amide bonds. The minimum Gasteiger partial charge on any atom is -0.300 e. The van der Waals surface area contributed by atoms with Gasteiger partial charge in [-0.25, -0.2) is 0 Å². The van der Waals surface area contributed by atoms with Crippen molar-refractivity contribution >= 4 is 0 Å². The van der Waals surface area contributed by atoms with Gasteiger partial charge in [-0.15, -0.1) is 0 Å². The van der Waals surface area contributed by atoms with Crippen molar-refractivity contribution in [1.82, 2.24) is 4.90 Å². The second-order valence-corrected chi connectivity index (χ2v) is 3.78. The molecule has 0 aliphatic heterocycles. The van der Waals surface area contributed by atoms with Gasteiger partial charge >= 0.3 is 0 Å². The molecule has 0 heterocycles. The van der Waals surface area contributed by atoms with E-state index in [2.05, 4.69) is 45.4 Å². The highest BCUT2D eigenvalue weighted by Gasteiger charge is 2.03. The standard InChI is InChI=1S/C12H23N/c1-6-8-9-12(7-2)10-13(5)11(3)4/h7,9,11H,2,6,8,10H2,1,3-5H3/b12-9+. The van der Waals surface area contributed by atoms with E-state index < -0.39 is 0 Å². The first-order valence-electron chi connectivity index (χ1n) is 5.13. The average molecular weight is 181 g/mol. The zero-order chi connectivity index (χ0) is 10.3. The smallest absolute Gasteiger partial charge is 0.0230 e. The maximum absolute atomic E-state index is 3.83. The molecule has 0 aromatic rings. The molecule has 76 valence electrons. The fraction of sp³-hybridized carbons (Fsp3) is 0.667. The lowest BCUT2D eigenvalue weighted by atomic mass is 10.1. The van der Waals surface area contributed by atoms with Crippen molar-refractivity contribution in [3.8, 4) is 0 Å². The fourth-order valence-corrected chi connectivity index (χ4v) is 1.01. The highest BCUT2D eigenvalue weighted by molar-refractivity contribution is 5.17. The van der Waals surface area contributed by atoms with Crippen LogP contribution in [0.2, 0.25) is 0 Å². The highest BCUT2D eigenvalue weighted by atomic mass is 15.1. The topological polar surface area (TPSA) is 3.24 Å². The lowest BCUT2D eigenvalue weighted by molar-refractivity contribution is 0.298. The SMILES string of the molecule is C=C/C(=C\CCC)CN(C)C(C)C. The number of nitrogens with zero attached hydrogens (tertiary/aromatic N) is 1. The van der Waals surface area contributed by atoms with E-state index in [1.54, 1.807) is 0 Å². The largest absolute Gasteiger partial charge is 0.300 e. The molecular weight excluding hydrogens is 158 g/mol. The van der Waals surface area contributed by atoms with Gasteiger partial charge in [-0.2, -0.15) is 0 Å². The predicted octanol–water partition coefficient (Wildman–Crippen LogP) is 3.24. The van der Waals surface area contributed by atoms with Crippen LogP contribution in [0.5, 0.6) is 0 Å². The number of hydrogen-bond donors (Lipinski definition) is 0. The maximum Gasteiger partial charge on any atom is 0.0230 e. The lowest BCUT2D eigenvalue weighted by Gasteiger charge is -2.21. The highest BCUT2D eigenvalue weighted by Crippen LogP contribution is 2.04. The molecule has 1 heteroatoms. The first kappa shape index (κ1) is 12.4. The van der Waals surface area contributed by atoms with Crippen LogP contribution in [-0.4, -0.2) is 24.5 Å². The summed E-state index contributed by atoms with van der Waals surface area (Å²) in [5, 5.41) is 0. The van der Waals surface area contributed by atoms with Crippen LogP contribution in [0.15, 0.2) is 24.3 Å². The molecule has 1 nitrogen and oxygen atoms in total. The van der Waals surface area contributed by atoms with E-state index in [9.17, 15) is 0 Å². The van der Waals surface area contributed by atoms with Crippen LogP contribution >= 0.6 is 0 Å². The van der Waals surface area contributed by atoms with Crippen LogP contribution in [0.25, 0.3) is 0 Å². The summed E-state index contributed by atoms with van der Waals surface area (Å²) in [6.45, 7) is 11.5. The monoisotopic (exact) mass is 181 g/mol. The van der Waals surface area contributed by atoms with Gasteiger partial charge in [-0.1, -0.05) is 32.1 Å². The minimum atomic E-state index is 0.602. The van der Waals surface area contributed by atoms with E-state index in [0.717, 1.165) is 13.0 Å². The Morgan fingerprint density at radius 1 is 1.46 bits per heavy atom. The summed E-state index contributed by atoms with van der Waals surface area (Å²) in [4.78, 5) is 2.32. The molecule has 0 aromatic heterocycles. The molecule has 0 radical (unpaired) electrons. The molecule has 0 aliphatic carbocycles. The number of allylic oxidation sites excluding steroid dienone is 1. The van der Waals surface area contributed by atoms with Crippen molar-refractivity contribution in [2.45, 2.75) is 39.7 Å². The van der Waals surface area contributed by atoms with Crippen LogP contribution in [0.3, 0.4) is 0 Å². The third kappa shape index (κ3) is 5.64. The molecule has 0 fully saturated rings. The van der Waals surface area contributed by atoms with Crippen molar-refractivity contribution in [2.24, 2.45) is 0 Å². The van der Waals surface area contributed by atoms with E-state index in [1.165, 1.54) is 12.0 Å². The van der Waals surface area contributed by atoms with Crippen molar-refractivity contribution in [3.63, 3.8) is 0 Å². The van der Waals surface area contributed by atoms with Crippen LogP contribution in [0.4, 0.5) is 0 Å². The molecule has 0 aromatic carbocycles. The summed E-state index contributed by atoms with van der Waals surface area (Å²) in [6.07, 6.45) is 6.62. The normalized spacial score (nSPS) is 12.6. The van der Waals surface area contributed by atoms with Crippen LogP contribution in [0.1, 0.15) is 33.6 Å². The Balaban J connectivity index is 4.04. The number of hydrogen-bond acceptors (Lipinski definition) is 1. The minimum absolute atomic E-state index is 0.602. The molecular formula is C12H23N. The summed E-state index contributed by atoms with van der Waals surface area (Å²) < 4.78 is 0. The van der Waals surface area contributed by atoms with E-state index >= 15 is 0 Å². The molecule has 0 saturated carbocycles. The average Bonchev–Trinajstić information content (AvgIpc) is 2.11. The molecule has 0 aliphatic rings. The Morgan fingerprint density at radius 2 is 2.08 bits per heavy atom. The lowest BCUT2D eigenvalue weighted by Crippen LogP contribution is -2.27. The van der Waals surface area contributed by atoms with Crippen LogP contribution in [-0.2, 0) is 0 Å². The van der Waals surface area contributed by atoms with Gasteiger partial charge in [0.25, 0.3) is 0 Å². The fourth-order valence-electron chi connectivity index (χ4n) is 1.01. The number of rotatable bonds is 6. The van der Waals surface area contributed by atoms with Crippen molar-refractivity contribution < 1.29 is 0 Å². The summed E-state index contributed by atoms with van der Waals surface area (Å²) in [5.41, 5.74) is 1.35. The Bertz CT molecular complexity index is 168. The van der Waals surface area contributed by atoms with Gasteiger partial charge in [0, 0.05) is 12.6 Å². The van der Waals surface area contributed by atoms with Gasteiger partial charge in [0.15, 0.2) is 0 Å². The number of unbranched alkanes of at least 4 members (excludes halogenated alkanes) is 1. The Morgan fingerprint density at radius 3 is 2.46 bits per heavy atom. The zero-order valence-corrected chi connectivity index (χ0v) is 9.51. The number of likely N-dealkylation sites (N-methyl/N-ethyl adjacent to an activating group) is 1. The Kier molecular flexibility index (Phi) is 6.61. The van der Waals surface area contributed by atoms with Gasteiger partial charge in [0.1, 0.15) is 0 Å². The van der Waals surface area contributed by atoms with Crippen molar-refractivity contribution in [2.75, 3.05) is 13.6 Å². The molecule has 0 spiro atoms. The summed E-state index contributed by atoms with van der Waals surface area (Å²) in [7, 11) is 2.15. The molecule has 13 heavy (non-hydrogen) atoms. The third-order valence-electron chi connectivity index (χ3n) is 2.27. The Labute approximate surface area is 83.1 Å². The molecule has 0 bridgehead atoms. The first-order valence-corrected chi connectivity index (χ1v) is 5.13. The molecule has 0 N–H and O–H groups in total. The maximum atomic E-state index is 3.83. The van der Waals surface area contributed by atoms with Gasteiger partial charge < -0.3 is 0 Å². The summed E-state index contributed by atoms with van der Waals surface area (Å²) in [5.74, 6) is 0. The van der Waals surface area contributed by atoms with Gasteiger partial charge in [0.2, 0.25) is 0 Å². The summed E-state index contributed by atoms with van der Waals surface area (Å²) in [6, 6.07) is 0.602. The summed E-state index contributed by atoms with van der Waals surface area (Å²) >= 11 is 0. The van der Waals surface area contributed by atoms with E-state index in [0.29, 0.717) is 6.04 Å². The predicted molar refractivity (Wildman–Crippen MR) is 61.0 cm³/mol. The third-order valence-corrected chi connectivity index (χ3v) is 2.27. The van der Waals surface area contributed by atoms with Gasteiger partial charge in [-0.3, -0.25) is 4.90 Å². The van der Waals surface area contributed by atoms with E-state index in [4.69, 9.17) is 0 Å². The second kappa shape index (κ2) is 6.90. The van der Waals surface area contributed by atoms with Gasteiger partial charge in [-0.05, 0) is 32.9 Å². The van der Waals surface area contributed by atoms with Crippen molar-refractivity contribution in [1.29, 1.82) is 0 Å². The Hall–Kier alpha value is -0.560. The molecule has 0 atom stereocenters. The quantitative estimate of drug-likeness (QED) is 0.569.